The van der Waals surface area contributed by atoms with Crippen LogP contribution in [-0.2, 0) is 0 Å². The molecule has 0 saturated carbocycles. The Kier molecular flexibility index (Phi) is 5.28. The number of methoxy groups -OCH3 is 1. The van der Waals surface area contributed by atoms with Crippen LogP contribution in [0.4, 0.5) is 0 Å². The highest BCUT2D eigenvalue weighted by atomic mass is 16.5. The molecule has 118 valence electrons. The van der Waals surface area contributed by atoms with Gasteiger partial charge in [-0.15, -0.1) is 0 Å². The zero-order chi connectivity index (χ0) is 15.5. The zero-order valence-electron chi connectivity index (χ0n) is 14.0. The molecular weight excluding hydrogens is 260 g/mol. The highest BCUT2D eigenvalue weighted by Gasteiger charge is 2.29. The lowest BCUT2D eigenvalue weighted by Crippen LogP contribution is -2.41. The van der Waals surface area contributed by atoms with Crippen LogP contribution in [0.15, 0.2) is 18.2 Å². The molecule has 1 aromatic rings. The average Bonchev–Trinajstić information content (AvgIpc) is 2.49. The highest BCUT2D eigenvalue weighted by Crippen LogP contribution is 2.34. The van der Waals surface area contributed by atoms with E-state index in [9.17, 15) is 0 Å². The fourth-order valence-corrected chi connectivity index (χ4v) is 3.15. The van der Waals surface area contributed by atoms with E-state index < -0.39 is 0 Å². The molecule has 0 amide bonds. The number of benzene rings is 1. The van der Waals surface area contributed by atoms with Gasteiger partial charge in [-0.05, 0) is 44.3 Å². The first-order chi connectivity index (χ1) is 9.97. The van der Waals surface area contributed by atoms with Crippen molar-refractivity contribution in [2.45, 2.75) is 46.1 Å². The van der Waals surface area contributed by atoms with Gasteiger partial charge >= 0.3 is 0 Å². The Morgan fingerprint density at radius 2 is 2.00 bits per heavy atom. The van der Waals surface area contributed by atoms with Crippen LogP contribution in [0.25, 0.3) is 0 Å². The summed E-state index contributed by atoms with van der Waals surface area (Å²) in [5, 5.41) is 0. The summed E-state index contributed by atoms with van der Waals surface area (Å²) in [6.45, 7) is 10.0. The van der Waals surface area contributed by atoms with Crippen LogP contribution in [0.1, 0.15) is 50.3 Å². The third-order valence-electron chi connectivity index (χ3n) is 5.16. The van der Waals surface area contributed by atoms with Gasteiger partial charge in [0.05, 0.1) is 7.11 Å². The normalized spacial score (nSPS) is 20.2. The van der Waals surface area contributed by atoms with Crippen LogP contribution in [0.5, 0.6) is 5.75 Å². The predicted molar refractivity (Wildman–Crippen MR) is 88.7 cm³/mol. The molecule has 2 N–H and O–H groups in total. The topological polar surface area (TPSA) is 38.5 Å². The van der Waals surface area contributed by atoms with Gasteiger partial charge in [0.2, 0.25) is 0 Å². The SMILES string of the molecule is CCC1(C)CCN(CC(N)c2cc(C)ccc2OC)CC1. The fraction of sp³-hybridized carbons (Fsp3) is 0.667. The lowest BCUT2D eigenvalue weighted by atomic mass is 9.78. The van der Waals surface area contributed by atoms with Crippen molar-refractivity contribution >= 4 is 0 Å². The van der Waals surface area contributed by atoms with E-state index in [1.165, 1.54) is 24.8 Å². The summed E-state index contributed by atoms with van der Waals surface area (Å²) in [4.78, 5) is 2.50. The van der Waals surface area contributed by atoms with Gasteiger partial charge in [-0.2, -0.15) is 0 Å². The summed E-state index contributed by atoms with van der Waals surface area (Å²) in [7, 11) is 1.72. The lowest BCUT2D eigenvalue weighted by Gasteiger charge is -2.39. The first-order valence-electron chi connectivity index (χ1n) is 8.10. The second-order valence-corrected chi connectivity index (χ2v) is 6.82. The molecule has 1 unspecified atom stereocenters. The van der Waals surface area contributed by atoms with E-state index >= 15 is 0 Å². The van der Waals surface area contributed by atoms with E-state index in [1.54, 1.807) is 7.11 Å². The van der Waals surface area contributed by atoms with Gasteiger partial charge in [0.1, 0.15) is 5.75 Å². The molecule has 1 saturated heterocycles. The first-order valence-corrected chi connectivity index (χ1v) is 8.10. The van der Waals surface area contributed by atoms with Crippen molar-refractivity contribution < 1.29 is 4.74 Å². The molecule has 0 radical (unpaired) electrons. The minimum Gasteiger partial charge on any atom is -0.496 e. The van der Waals surface area contributed by atoms with E-state index in [1.807, 2.05) is 6.07 Å². The number of hydrogen-bond acceptors (Lipinski definition) is 3. The van der Waals surface area contributed by atoms with Crippen LogP contribution >= 0.6 is 0 Å². The van der Waals surface area contributed by atoms with Gasteiger partial charge in [0.25, 0.3) is 0 Å². The summed E-state index contributed by atoms with van der Waals surface area (Å²) in [5.41, 5.74) is 9.34. The van der Waals surface area contributed by atoms with Gasteiger partial charge < -0.3 is 15.4 Å². The minimum absolute atomic E-state index is 0.0193. The maximum atomic E-state index is 6.45. The van der Waals surface area contributed by atoms with Crippen LogP contribution in [0.2, 0.25) is 0 Å². The largest absolute Gasteiger partial charge is 0.496 e. The van der Waals surface area contributed by atoms with Crippen molar-refractivity contribution in [1.82, 2.24) is 4.90 Å². The number of rotatable bonds is 5. The van der Waals surface area contributed by atoms with E-state index in [4.69, 9.17) is 10.5 Å². The zero-order valence-corrected chi connectivity index (χ0v) is 14.0. The van der Waals surface area contributed by atoms with Crippen LogP contribution in [0, 0.1) is 12.3 Å². The van der Waals surface area contributed by atoms with Crippen molar-refractivity contribution in [3.8, 4) is 5.75 Å². The van der Waals surface area contributed by atoms with Crippen molar-refractivity contribution in [3.63, 3.8) is 0 Å². The number of nitrogens with zero attached hydrogens (tertiary/aromatic N) is 1. The monoisotopic (exact) mass is 290 g/mol. The Bertz CT molecular complexity index is 464. The van der Waals surface area contributed by atoms with Crippen molar-refractivity contribution in [1.29, 1.82) is 0 Å². The number of hydrogen-bond donors (Lipinski definition) is 1. The summed E-state index contributed by atoms with van der Waals surface area (Å²) < 4.78 is 5.46. The van der Waals surface area contributed by atoms with Crippen molar-refractivity contribution in [2.75, 3.05) is 26.7 Å². The molecule has 1 aromatic carbocycles. The molecule has 3 nitrogen and oxygen atoms in total. The lowest BCUT2D eigenvalue weighted by molar-refractivity contribution is 0.110. The molecule has 1 fully saturated rings. The van der Waals surface area contributed by atoms with Crippen LogP contribution in [-0.4, -0.2) is 31.6 Å². The molecule has 1 atom stereocenters. The molecular formula is C18H30N2O. The van der Waals surface area contributed by atoms with Gasteiger partial charge in [-0.1, -0.05) is 38.0 Å². The third kappa shape index (κ3) is 3.98. The Morgan fingerprint density at radius 1 is 1.33 bits per heavy atom. The molecule has 3 heteroatoms. The van der Waals surface area contributed by atoms with Crippen molar-refractivity contribution in [2.24, 2.45) is 11.1 Å². The molecule has 0 bridgehead atoms. The Morgan fingerprint density at radius 3 is 2.57 bits per heavy atom. The average molecular weight is 290 g/mol. The molecule has 0 aliphatic carbocycles. The molecule has 21 heavy (non-hydrogen) atoms. The minimum atomic E-state index is 0.0193. The Hall–Kier alpha value is -1.06. The fourth-order valence-electron chi connectivity index (χ4n) is 3.15. The second kappa shape index (κ2) is 6.80. The standard InChI is InChI=1S/C18H30N2O/c1-5-18(3)8-10-20(11-9-18)13-16(19)15-12-14(2)6-7-17(15)21-4/h6-7,12,16H,5,8-11,13,19H2,1-4H3. The number of piperidine rings is 1. The van der Waals surface area contributed by atoms with Crippen LogP contribution in [0.3, 0.4) is 0 Å². The summed E-state index contributed by atoms with van der Waals surface area (Å²) in [6, 6.07) is 6.27. The molecule has 1 heterocycles. The van der Waals surface area contributed by atoms with E-state index in [0.717, 1.165) is 30.9 Å². The Balaban J connectivity index is 1.99. The molecule has 0 aromatic heterocycles. The molecule has 1 aliphatic heterocycles. The predicted octanol–water partition coefficient (Wildman–Crippen LogP) is 3.52. The second-order valence-electron chi connectivity index (χ2n) is 6.82. The summed E-state index contributed by atoms with van der Waals surface area (Å²) >= 11 is 0. The van der Waals surface area contributed by atoms with E-state index in [-0.39, 0.29) is 6.04 Å². The Labute approximate surface area is 129 Å². The summed E-state index contributed by atoms with van der Waals surface area (Å²) in [5.74, 6) is 0.906. The molecule has 0 spiro atoms. The first kappa shape index (κ1) is 16.3. The van der Waals surface area contributed by atoms with Crippen LogP contribution < -0.4 is 10.5 Å². The van der Waals surface area contributed by atoms with E-state index in [2.05, 4.69) is 37.8 Å². The maximum absolute atomic E-state index is 6.45. The number of ether oxygens (including phenoxy) is 1. The smallest absolute Gasteiger partial charge is 0.123 e. The molecule has 1 aliphatic rings. The summed E-state index contributed by atoms with van der Waals surface area (Å²) in [6.07, 6.45) is 3.83. The highest BCUT2D eigenvalue weighted by molar-refractivity contribution is 5.39. The van der Waals surface area contributed by atoms with Gasteiger partial charge in [0, 0.05) is 18.2 Å². The van der Waals surface area contributed by atoms with Crippen molar-refractivity contribution in [3.05, 3.63) is 29.3 Å². The number of aryl methyl sites for hydroxylation is 1. The maximum Gasteiger partial charge on any atom is 0.123 e. The number of likely N-dealkylation sites (tertiary alicyclic amines) is 1. The van der Waals surface area contributed by atoms with Gasteiger partial charge in [-0.25, -0.2) is 0 Å². The number of nitrogens with two attached hydrogens (primary N) is 1. The van der Waals surface area contributed by atoms with Gasteiger partial charge in [-0.3, -0.25) is 0 Å². The molecule has 2 rings (SSSR count). The van der Waals surface area contributed by atoms with E-state index in [0.29, 0.717) is 5.41 Å². The van der Waals surface area contributed by atoms with Gasteiger partial charge in [0.15, 0.2) is 0 Å². The quantitative estimate of drug-likeness (QED) is 0.902. The third-order valence-corrected chi connectivity index (χ3v) is 5.16.